The number of pyridine rings is 2. The SMILES string of the molecule is COC(=O)c1ccc(C2=CCN(Cc3cc4c(B5OC(C)(C)C(C)(C)O5)ccnc4n3C)CC2)nc1. The minimum absolute atomic E-state index is 0.371. The molecule has 9 heteroatoms. The van der Waals surface area contributed by atoms with E-state index in [2.05, 4.69) is 66.3 Å². The first-order valence-electron chi connectivity index (χ1n) is 12.3. The van der Waals surface area contributed by atoms with Gasteiger partial charge in [0, 0.05) is 50.2 Å². The van der Waals surface area contributed by atoms with Gasteiger partial charge in [0.2, 0.25) is 0 Å². The lowest BCUT2D eigenvalue weighted by molar-refractivity contribution is 0.00578. The van der Waals surface area contributed by atoms with Crippen LogP contribution in [-0.2, 0) is 27.6 Å². The molecule has 8 nitrogen and oxygen atoms in total. The predicted molar refractivity (Wildman–Crippen MR) is 140 cm³/mol. The van der Waals surface area contributed by atoms with Gasteiger partial charge in [-0.15, -0.1) is 0 Å². The van der Waals surface area contributed by atoms with Crippen LogP contribution in [-0.4, -0.2) is 63.9 Å². The second-order valence-electron chi connectivity index (χ2n) is 10.6. The van der Waals surface area contributed by atoms with E-state index in [1.165, 1.54) is 18.4 Å². The van der Waals surface area contributed by atoms with Crippen LogP contribution >= 0.6 is 0 Å². The van der Waals surface area contributed by atoms with Crippen LogP contribution in [0, 0.1) is 0 Å². The molecule has 0 spiro atoms. The van der Waals surface area contributed by atoms with Gasteiger partial charge in [0.05, 0.1) is 29.6 Å². The molecule has 5 heterocycles. The third kappa shape index (κ3) is 4.36. The van der Waals surface area contributed by atoms with Crippen LogP contribution in [0.4, 0.5) is 0 Å². The van der Waals surface area contributed by atoms with Crippen molar-refractivity contribution in [1.29, 1.82) is 0 Å². The molecule has 36 heavy (non-hydrogen) atoms. The summed E-state index contributed by atoms with van der Waals surface area (Å²) in [6.45, 7) is 10.9. The number of carbonyl (C=O) groups is 1. The lowest BCUT2D eigenvalue weighted by atomic mass is 9.78. The topological polar surface area (TPSA) is 78.7 Å². The third-order valence-electron chi connectivity index (χ3n) is 7.76. The van der Waals surface area contributed by atoms with E-state index < -0.39 is 18.3 Å². The maximum absolute atomic E-state index is 11.7. The highest BCUT2D eigenvalue weighted by molar-refractivity contribution is 6.65. The number of carbonyl (C=O) groups excluding carboxylic acids is 1. The molecule has 0 amide bonds. The van der Waals surface area contributed by atoms with E-state index in [-0.39, 0.29) is 5.97 Å². The van der Waals surface area contributed by atoms with Crippen LogP contribution in [0.1, 0.15) is 55.9 Å². The van der Waals surface area contributed by atoms with E-state index in [1.54, 1.807) is 12.3 Å². The van der Waals surface area contributed by atoms with E-state index in [0.717, 1.165) is 48.2 Å². The fourth-order valence-electron chi connectivity index (χ4n) is 4.76. The molecule has 3 aromatic heterocycles. The van der Waals surface area contributed by atoms with Crippen LogP contribution in [0.5, 0.6) is 0 Å². The molecule has 3 aromatic rings. The normalized spacial score (nSPS) is 19.5. The summed E-state index contributed by atoms with van der Waals surface area (Å²) in [6.07, 6.45) is 6.53. The number of esters is 1. The summed E-state index contributed by atoms with van der Waals surface area (Å²) in [6, 6.07) is 7.87. The smallest absolute Gasteiger partial charge is 0.465 e. The Morgan fingerprint density at radius 3 is 2.50 bits per heavy atom. The largest absolute Gasteiger partial charge is 0.495 e. The first-order valence-corrected chi connectivity index (χ1v) is 12.3. The molecule has 188 valence electrons. The fourth-order valence-corrected chi connectivity index (χ4v) is 4.76. The zero-order valence-corrected chi connectivity index (χ0v) is 21.9. The molecular formula is C27H33BN4O4. The molecule has 0 saturated carbocycles. The summed E-state index contributed by atoms with van der Waals surface area (Å²) in [5, 5.41) is 1.07. The van der Waals surface area contributed by atoms with Crippen molar-refractivity contribution in [2.24, 2.45) is 7.05 Å². The minimum Gasteiger partial charge on any atom is -0.465 e. The van der Waals surface area contributed by atoms with E-state index in [9.17, 15) is 4.79 Å². The van der Waals surface area contributed by atoms with Gasteiger partial charge in [-0.2, -0.15) is 0 Å². The highest BCUT2D eigenvalue weighted by Crippen LogP contribution is 2.37. The second-order valence-corrected chi connectivity index (χ2v) is 10.6. The Hall–Kier alpha value is -3.01. The molecule has 5 rings (SSSR count). The highest BCUT2D eigenvalue weighted by atomic mass is 16.7. The zero-order valence-electron chi connectivity index (χ0n) is 21.9. The van der Waals surface area contributed by atoms with Crippen LogP contribution in [0.15, 0.2) is 42.7 Å². The Balaban J connectivity index is 1.32. The molecular weight excluding hydrogens is 455 g/mol. The van der Waals surface area contributed by atoms with Crippen molar-refractivity contribution in [2.45, 2.75) is 51.9 Å². The number of fused-ring (bicyclic) bond motifs is 1. The van der Waals surface area contributed by atoms with Crippen LogP contribution in [0.25, 0.3) is 16.6 Å². The van der Waals surface area contributed by atoms with Gasteiger partial charge in [0.25, 0.3) is 0 Å². The lowest BCUT2D eigenvalue weighted by Gasteiger charge is -2.32. The fraction of sp³-hybridized carbons (Fsp3) is 0.444. The Kier molecular flexibility index (Phi) is 6.26. The van der Waals surface area contributed by atoms with Gasteiger partial charge in [-0.25, -0.2) is 9.78 Å². The average molecular weight is 488 g/mol. The average Bonchev–Trinajstić information content (AvgIpc) is 3.29. The molecule has 2 aliphatic rings. The molecule has 0 aliphatic carbocycles. The van der Waals surface area contributed by atoms with Crippen molar-refractivity contribution in [3.8, 4) is 0 Å². The van der Waals surface area contributed by atoms with Gasteiger partial charge >= 0.3 is 13.1 Å². The van der Waals surface area contributed by atoms with Crippen LogP contribution < -0.4 is 5.46 Å². The third-order valence-corrected chi connectivity index (χ3v) is 7.76. The number of methoxy groups -OCH3 is 1. The van der Waals surface area contributed by atoms with Crippen molar-refractivity contribution in [3.05, 3.63) is 59.7 Å². The zero-order chi connectivity index (χ0) is 25.7. The summed E-state index contributed by atoms with van der Waals surface area (Å²) in [5.41, 5.74) is 4.92. The molecule has 0 bridgehead atoms. The Labute approximate surface area is 212 Å². The molecule has 1 saturated heterocycles. The summed E-state index contributed by atoms with van der Waals surface area (Å²) >= 11 is 0. The van der Waals surface area contributed by atoms with Gasteiger partial charge in [-0.3, -0.25) is 9.88 Å². The molecule has 1 fully saturated rings. The number of hydrogen-bond donors (Lipinski definition) is 0. The van der Waals surface area contributed by atoms with Gasteiger partial charge in [0.1, 0.15) is 5.65 Å². The monoisotopic (exact) mass is 488 g/mol. The van der Waals surface area contributed by atoms with Crippen molar-refractivity contribution in [2.75, 3.05) is 20.2 Å². The number of hydrogen-bond acceptors (Lipinski definition) is 7. The Bertz CT molecular complexity index is 1310. The molecule has 0 unspecified atom stereocenters. The maximum atomic E-state index is 11.7. The molecule has 0 radical (unpaired) electrons. The van der Waals surface area contributed by atoms with Crippen molar-refractivity contribution >= 4 is 35.2 Å². The number of rotatable bonds is 5. The quantitative estimate of drug-likeness (QED) is 0.403. The summed E-state index contributed by atoms with van der Waals surface area (Å²) in [4.78, 5) is 23.2. The van der Waals surface area contributed by atoms with E-state index in [4.69, 9.17) is 14.0 Å². The second kappa shape index (κ2) is 9.14. The molecule has 2 aliphatic heterocycles. The van der Waals surface area contributed by atoms with Crippen molar-refractivity contribution in [3.63, 3.8) is 0 Å². The standard InChI is InChI=1S/C27H33BN4O4/c1-26(2)27(3,4)36-28(35-26)22-9-12-29-24-21(22)15-20(31(24)5)17-32-13-10-18(11-14-32)23-8-7-19(16-30-23)25(33)34-6/h7-10,12,15-16H,11,13-14,17H2,1-6H3. The van der Waals surface area contributed by atoms with Gasteiger partial charge < -0.3 is 18.6 Å². The maximum Gasteiger partial charge on any atom is 0.495 e. The van der Waals surface area contributed by atoms with E-state index >= 15 is 0 Å². The van der Waals surface area contributed by atoms with E-state index in [0.29, 0.717) is 5.56 Å². The first-order chi connectivity index (χ1) is 17.1. The number of aryl methyl sites for hydroxylation is 1. The van der Waals surface area contributed by atoms with Crippen molar-refractivity contribution in [1.82, 2.24) is 19.4 Å². The van der Waals surface area contributed by atoms with Crippen molar-refractivity contribution < 1.29 is 18.8 Å². The number of aromatic nitrogens is 3. The summed E-state index contributed by atoms with van der Waals surface area (Å²) in [5.74, 6) is -0.371. The summed E-state index contributed by atoms with van der Waals surface area (Å²) in [7, 11) is 3.02. The van der Waals surface area contributed by atoms with Crippen LogP contribution in [0.2, 0.25) is 0 Å². The first kappa shape index (κ1) is 24.7. The van der Waals surface area contributed by atoms with E-state index in [1.807, 2.05) is 18.3 Å². The molecule has 0 aromatic carbocycles. The minimum atomic E-state index is -0.422. The lowest BCUT2D eigenvalue weighted by Crippen LogP contribution is -2.41. The van der Waals surface area contributed by atoms with Gasteiger partial charge in [-0.1, -0.05) is 6.08 Å². The molecule has 0 N–H and O–H groups in total. The van der Waals surface area contributed by atoms with Gasteiger partial charge in [-0.05, 0) is 69.4 Å². The Morgan fingerprint density at radius 1 is 1.14 bits per heavy atom. The number of ether oxygens (including phenoxy) is 1. The summed E-state index contributed by atoms with van der Waals surface area (Å²) < 4.78 is 19.6. The highest BCUT2D eigenvalue weighted by Gasteiger charge is 2.52. The van der Waals surface area contributed by atoms with Gasteiger partial charge in [0.15, 0.2) is 0 Å². The Morgan fingerprint density at radius 2 is 1.89 bits per heavy atom. The van der Waals surface area contributed by atoms with Crippen LogP contribution in [0.3, 0.4) is 0 Å². The molecule has 0 atom stereocenters. The predicted octanol–water partition coefficient (Wildman–Crippen LogP) is 3.34. The number of nitrogens with zero attached hydrogens (tertiary/aromatic N) is 4.